The molecule has 0 aromatic carbocycles. The van der Waals surface area contributed by atoms with Gasteiger partial charge in [-0.1, -0.05) is 11.6 Å². The zero-order valence-corrected chi connectivity index (χ0v) is 12.2. The summed E-state index contributed by atoms with van der Waals surface area (Å²) < 4.78 is 5.35. The van der Waals surface area contributed by atoms with Crippen LogP contribution in [0.4, 0.5) is 0 Å². The minimum absolute atomic E-state index is 0.146. The quantitative estimate of drug-likeness (QED) is 0.841. The third kappa shape index (κ3) is 3.33. The molecule has 0 radical (unpaired) electrons. The zero-order valence-electron chi connectivity index (χ0n) is 11.4. The number of nitrogens with zero attached hydrogens (tertiary/aromatic N) is 2. The normalized spacial score (nSPS) is 22.0. The van der Waals surface area contributed by atoms with Crippen LogP contribution in [-0.4, -0.2) is 53.5 Å². The molecule has 2 fully saturated rings. The van der Waals surface area contributed by atoms with Crippen LogP contribution in [-0.2, 0) is 9.53 Å². The van der Waals surface area contributed by atoms with Crippen LogP contribution in [0.2, 0.25) is 5.15 Å². The van der Waals surface area contributed by atoms with Crippen molar-refractivity contribution in [2.75, 3.05) is 19.8 Å². The van der Waals surface area contributed by atoms with Gasteiger partial charge in [0, 0.05) is 18.8 Å². The van der Waals surface area contributed by atoms with E-state index in [-0.39, 0.29) is 24.5 Å². The molecule has 2 amide bonds. The number of rotatable bonds is 3. The van der Waals surface area contributed by atoms with Crippen LogP contribution in [0.15, 0.2) is 18.3 Å². The third-order valence-electron chi connectivity index (χ3n) is 3.59. The summed E-state index contributed by atoms with van der Waals surface area (Å²) in [6.45, 7) is 1.05. The Kier molecular flexibility index (Phi) is 4.07. The summed E-state index contributed by atoms with van der Waals surface area (Å²) >= 11 is 5.73. The average molecular weight is 310 g/mol. The van der Waals surface area contributed by atoms with Gasteiger partial charge in [0.2, 0.25) is 5.91 Å². The highest BCUT2D eigenvalue weighted by Crippen LogP contribution is 2.20. The van der Waals surface area contributed by atoms with Crippen LogP contribution in [0.5, 0.6) is 0 Å². The number of morpholine rings is 1. The van der Waals surface area contributed by atoms with Gasteiger partial charge in [-0.05, 0) is 25.0 Å². The van der Waals surface area contributed by atoms with Crippen LogP contribution in [0, 0.1) is 0 Å². The molecule has 1 saturated heterocycles. The van der Waals surface area contributed by atoms with Crippen molar-refractivity contribution in [3.63, 3.8) is 0 Å². The molecule has 2 aliphatic rings. The first kappa shape index (κ1) is 14.3. The topological polar surface area (TPSA) is 71.5 Å². The first-order valence-corrected chi connectivity index (χ1v) is 7.33. The number of carbonyl (C=O) groups excluding carboxylic acids is 2. The van der Waals surface area contributed by atoms with Crippen molar-refractivity contribution in [3.8, 4) is 0 Å². The van der Waals surface area contributed by atoms with E-state index in [4.69, 9.17) is 16.3 Å². The van der Waals surface area contributed by atoms with Gasteiger partial charge < -0.3 is 15.0 Å². The summed E-state index contributed by atoms with van der Waals surface area (Å²) in [6.07, 6.45) is 3.44. The molecule has 7 heteroatoms. The fourth-order valence-corrected chi connectivity index (χ4v) is 2.37. The SMILES string of the molecule is O=C(NC1CC1)C1COCCN1C(=O)c1ccc(Cl)nc1. The van der Waals surface area contributed by atoms with Crippen molar-refractivity contribution in [1.29, 1.82) is 0 Å². The van der Waals surface area contributed by atoms with Gasteiger partial charge in [0.25, 0.3) is 5.91 Å². The van der Waals surface area contributed by atoms with E-state index >= 15 is 0 Å². The lowest BCUT2D eigenvalue weighted by Gasteiger charge is -2.34. The van der Waals surface area contributed by atoms with Gasteiger partial charge in [0.1, 0.15) is 11.2 Å². The van der Waals surface area contributed by atoms with Crippen molar-refractivity contribution < 1.29 is 14.3 Å². The predicted molar refractivity (Wildman–Crippen MR) is 76.1 cm³/mol. The number of hydrogen-bond donors (Lipinski definition) is 1. The highest BCUT2D eigenvalue weighted by atomic mass is 35.5. The van der Waals surface area contributed by atoms with Crippen molar-refractivity contribution in [2.45, 2.75) is 24.9 Å². The Morgan fingerprint density at radius 3 is 2.86 bits per heavy atom. The van der Waals surface area contributed by atoms with Crippen molar-refractivity contribution in [2.24, 2.45) is 0 Å². The van der Waals surface area contributed by atoms with Crippen LogP contribution in [0.25, 0.3) is 0 Å². The molecular formula is C14H16ClN3O3. The summed E-state index contributed by atoms with van der Waals surface area (Å²) in [5.41, 5.74) is 0.422. The molecule has 1 aromatic rings. The first-order valence-electron chi connectivity index (χ1n) is 6.96. The van der Waals surface area contributed by atoms with Crippen LogP contribution >= 0.6 is 11.6 Å². The van der Waals surface area contributed by atoms with E-state index < -0.39 is 6.04 Å². The van der Waals surface area contributed by atoms with Crippen LogP contribution in [0.1, 0.15) is 23.2 Å². The lowest BCUT2D eigenvalue weighted by Crippen LogP contribution is -2.56. The largest absolute Gasteiger partial charge is 0.377 e. The molecule has 1 aliphatic carbocycles. The molecule has 3 rings (SSSR count). The van der Waals surface area contributed by atoms with Crippen molar-refractivity contribution in [1.82, 2.24) is 15.2 Å². The Bertz CT molecular complexity index is 545. The molecule has 1 aliphatic heterocycles. The molecule has 21 heavy (non-hydrogen) atoms. The molecule has 0 bridgehead atoms. The van der Waals surface area contributed by atoms with Gasteiger partial charge in [-0.15, -0.1) is 0 Å². The van der Waals surface area contributed by atoms with E-state index in [2.05, 4.69) is 10.3 Å². The Morgan fingerprint density at radius 2 is 2.19 bits per heavy atom. The number of ether oxygens (including phenoxy) is 1. The van der Waals surface area contributed by atoms with E-state index in [9.17, 15) is 9.59 Å². The molecule has 112 valence electrons. The minimum atomic E-state index is -0.581. The lowest BCUT2D eigenvalue weighted by atomic mass is 10.1. The number of pyridine rings is 1. The van der Waals surface area contributed by atoms with Crippen LogP contribution < -0.4 is 5.32 Å². The van der Waals surface area contributed by atoms with Gasteiger partial charge in [-0.2, -0.15) is 0 Å². The van der Waals surface area contributed by atoms with Gasteiger partial charge >= 0.3 is 0 Å². The Labute approximate surface area is 127 Å². The predicted octanol–water partition coefficient (Wildman–Crippen LogP) is 0.855. The van der Waals surface area contributed by atoms with Crippen LogP contribution in [0.3, 0.4) is 0 Å². The number of aromatic nitrogens is 1. The van der Waals surface area contributed by atoms with Gasteiger partial charge in [-0.3, -0.25) is 9.59 Å². The second kappa shape index (κ2) is 5.99. The molecule has 0 spiro atoms. The Morgan fingerprint density at radius 1 is 1.38 bits per heavy atom. The zero-order chi connectivity index (χ0) is 14.8. The highest BCUT2D eigenvalue weighted by Gasteiger charge is 2.35. The van der Waals surface area contributed by atoms with Gasteiger partial charge in [0.05, 0.1) is 18.8 Å². The summed E-state index contributed by atoms with van der Waals surface area (Å²) in [5.74, 6) is -0.370. The maximum Gasteiger partial charge on any atom is 0.256 e. The second-order valence-corrected chi connectivity index (χ2v) is 5.63. The molecule has 6 nitrogen and oxygen atoms in total. The second-order valence-electron chi connectivity index (χ2n) is 5.24. The number of halogens is 1. The van der Waals surface area contributed by atoms with E-state index in [1.165, 1.54) is 6.20 Å². The van der Waals surface area contributed by atoms with E-state index in [1.807, 2.05) is 0 Å². The van der Waals surface area contributed by atoms with Crippen molar-refractivity contribution in [3.05, 3.63) is 29.0 Å². The fourth-order valence-electron chi connectivity index (χ4n) is 2.26. The maximum absolute atomic E-state index is 12.5. The molecule has 1 aromatic heterocycles. The first-order chi connectivity index (χ1) is 10.1. The maximum atomic E-state index is 12.5. The van der Waals surface area contributed by atoms with Gasteiger partial charge in [0.15, 0.2) is 0 Å². The summed E-state index contributed by atoms with van der Waals surface area (Å²) in [7, 11) is 0. The monoisotopic (exact) mass is 309 g/mol. The molecule has 1 saturated carbocycles. The van der Waals surface area contributed by atoms with Gasteiger partial charge in [-0.25, -0.2) is 4.98 Å². The Balaban J connectivity index is 1.74. The summed E-state index contributed by atoms with van der Waals surface area (Å²) in [5, 5.41) is 3.25. The summed E-state index contributed by atoms with van der Waals surface area (Å²) in [4.78, 5) is 30.2. The minimum Gasteiger partial charge on any atom is -0.377 e. The lowest BCUT2D eigenvalue weighted by molar-refractivity contribution is -0.130. The molecule has 1 atom stereocenters. The number of nitrogens with one attached hydrogen (secondary N) is 1. The van der Waals surface area contributed by atoms with E-state index in [1.54, 1.807) is 17.0 Å². The van der Waals surface area contributed by atoms with E-state index in [0.29, 0.717) is 23.9 Å². The molecule has 2 heterocycles. The third-order valence-corrected chi connectivity index (χ3v) is 3.81. The number of carbonyl (C=O) groups is 2. The smallest absolute Gasteiger partial charge is 0.256 e. The number of hydrogen-bond acceptors (Lipinski definition) is 4. The molecule has 1 N–H and O–H groups in total. The molecular weight excluding hydrogens is 294 g/mol. The molecule has 1 unspecified atom stereocenters. The number of amides is 2. The highest BCUT2D eigenvalue weighted by molar-refractivity contribution is 6.29. The van der Waals surface area contributed by atoms with E-state index in [0.717, 1.165) is 12.8 Å². The fraction of sp³-hybridized carbons (Fsp3) is 0.500. The average Bonchev–Trinajstić information content (AvgIpc) is 3.31. The Hall–Kier alpha value is -1.66. The standard InChI is InChI=1S/C14H16ClN3O3/c15-12-4-1-9(7-16-12)14(20)18-5-6-21-8-11(18)13(19)17-10-2-3-10/h1,4,7,10-11H,2-3,5-6,8H2,(H,17,19). The summed E-state index contributed by atoms with van der Waals surface area (Å²) in [6, 6.07) is 2.86. The van der Waals surface area contributed by atoms with Crippen molar-refractivity contribution >= 4 is 23.4 Å².